The lowest BCUT2D eigenvalue weighted by atomic mass is 10.2. The van der Waals surface area contributed by atoms with Crippen LogP contribution in [0.25, 0.3) is 0 Å². The molecule has 0 aromatic heterocycles. The molecule has 5 rings (SSSR count). The summed E-state index contributed by atoms with van der Waals surface area (Å²) in [6, 6.07) is 20.8. The number of amides is 1. The Labute approximate surface area is 237 Å². The second-order valence-electron chi connectivity index (χ2n) is 8.72. The van der Waals surface area contributed by atoms with Crippen LogP contribution in [0.4, 0.5) is 30.2 Å². The first-order valence-electron chi connectivity index (χ1n) is 12.1. The van der Waals surface area contributed by atoms with E-state index in [0.29, 0.717) is 43.5 Å². The fourth-order valence-electron chi connectivity index (χ4n) is 4.19. The molecule has 7 nitrogen and oxygen atoms in total. The standard InChI is InChI=1S/C28H22F3N5O2S2/c1-3-33-20-11-9-18(15-32)13-21(20)34-27-36(16-17-7-5-4-6-8-17)25(37)24(40-27)26-35(2)22-12-10-19(14-23(22)39-26)38-28(29,30)31/h4-14,33H,3,16H2,1-2H3/b26-24+,34-27?. The second-order valence-corrected chi connectivity index (χ2v) is 10.7. The number of anilines is 2. The number of nitrogens with one attached hydrogen (secondary N) is 1. The first-order valence-corrected chi connectivity index (χ1v) is 13.8. The van der Waals surface area contributed by atoms with Gasteiger partial charge in [-0.25, -0.2) is 4.99 Å². The van der Waals surface area contributed by atoms with Gasteiger partial charge in [0.05, 0.1) is 40.3 Å². The molecule has 0 atom stereocenters. The molecule has 40 heavy (non-hydrogen) atoms. The van der Waals surface area contributed by atoms with E-state index in [4.69, 9.17) is 4.99 Å². The Bertz CT molecular complexity index is 1570. The molecule has 12 heteroatoms. The van der Waals surface area contributed by atoms with Gasteiger partial charge in [0.15, 0.2) is 5.17 Å². The molecule has 3 aromatic carbocycles. The maximum Gasteiger partial charge on any atom is 0.573 e. The van der Waals surface area contributed by atoms with E-state index < -0.39 is 6.36 Å². The van der Waals surface area contributed by atoms with Crippen LogP contribution < -0.4 is 15.0 Å². The average molecular weight is 582 g/mol. The molecule has 0 unspecified atom stereocenters. The minimum absolute atomic E-state index is 0.266. The third kappa shape index (κ3) is 5.76. The van der Waals surface area contributed by atoms with Gasteiger partial charge in [0.25, 0.3) is 5.91 Å². The molecule has 1 N–H and O–H groups in total. The zero-order chi connectivity index (χ0) is 28.4. The third-order valence-corrected chi connectivity index (χ3v) is 8.40. The summed E-state index contributed by atoms with van der Waals surface area (Å²) in [6.45, 7) is 2.85. The van der Waals surface area contributed by atoms with Crippen molar-refractivity contribution in [3.63, 3.8) is 0 Å². The molecule has 2 aliphatic rings. The molecule has 3 aromatic rings. The number of amidine groups is 1. The number of rotatable bonds is 6. The molecule has 0 bridgehead atoms. The van der Waals surface area contributed by atoms with Crippen molar-refractivity contribution < 1.29 is 22.7 Å². The van der Waals surface area contributed by atoms with E-state index in [9.17, 15) is 23.2 Å². The summed E-state index contributed by atoms with van der Waals surface area (Å²) in [4.78, 5) is 23.0. The van der Waals surface area contributed by atoms with Crippen LogP contribution in [-0.2, 0) is 11.3 Å². The van der Waals surface area contributed by atoms with E-state index in [2.05, 4.69) is 16.1 Å². The predicted octanol–water partition coefficient (Wildman–Crippen LogP) is 7.06. The lowest BCUT2D eigenvalue weighted by Gasteiger charge is -2.17. The molecule has 1 amide bonds. The van der Waals surface area contributed by atoms with Gasteiger partial charge in [-0.15, -0.1) is 13.2 Å². The van der Waals surface area contributed by atoms with Gasteiger partial charge in [-0.05, 0) is 60.6 Å². The van der Waals surface area contributed by atoms with Crippen LogP contribution in [-0.4, -0.2) is 35.9 Å². The number of benzene rings is 3. The lowest BCUT2D eigenvalue weighted by molar-refractivity contribution is -0.274. The van der Waals surface area contributed by atoms with Gasteiger partial charge in [-0.2, -0.15) is 5.26 Å². The van der Waals surface area contributed by atoms with Crippen LogP contribution >= 0.6 is 23.5 Å². The van der Waals surface area contributed by atoms with Crippen molar-refractivity contribution >= 4 is 51.7 Å². The third-order valence-electron chi connectivity index (χ3n) is 5.99. The zero-order valence-corrected chi connectivity index (χ0v) is 23.0. The summed E-state index contributed by atoms with van der Waals surface area (Å²) in [5.74, 6) is -0.604. The lowest BCUT2D eigenvalue weighted by Crippen LogP contribution is -2.29. The number of alkyl halides is 3. The van der Waals surface area contributed by atoms with Gasteiger partial charge in [-0.3, -0.25) is 9.69 Å². The van der Waals surface area contributed by atoms with Crippen LogP contribution in [0.3, 0.4) is 0 Å². The number of aliphatic imine (C=N–C) groups is 1. The van der Waals surface area contributed by atoms with Crippen molar-refractivity contribution in [2.24, 2.45) is 4.99 Å². The molecule has 2 aliphatic heterocycles. The predicted molar refractivity (Wildman–Crippen MR) is 151 cm³/mol. The van der Waals surface area contributed by atoms with E-state index in [0.717, 1.165) is 11.3 Å². The minimum Gasteiger partial charge on any atom is -0.406 e. The Morgan fingerprint density at radius 3 is 2.55 bits per heavy atom. The fourth-order valence-corrected chi connectivity index (χ4v) is 6.56. The quantitative estimate of drug-likeness (QED) is 0.312. The number of nitrogens with zero attached hydrogens (tertiary/aromatic N) is 4. The molecular weight excluding hydrogens is 559 g/mol. The number of thioether (sulfide) groups is 2. The van der Waals surface area contributed by atoms with Crippen LogP contribution in [0.2, 0.25) is 0 Å². The molecule has 1 fully saturated rings. The Morgan fingerprint density at radius 1 is 1.07 bits per heavy atom. The first-order chi connectivity index (χ1) is 19.2. The largest absolute Gasteiger partial charge is 0.573 e. The van der Waals surface area contributed by atoms with Gasteiger partial charge in [0.2, 0.25) is 0 Å². The molecule has 2 heterocycles. The number of ether oxygens (including phenoxy) is 1. The van der Waals surface area contributed by atoms with Crippen molar-refractivity contribution in [1.29, 1.82) is 5.26 Å². The molecule has 0 radical (unpaired) electrons. The minimum atomic E-state index is -4.81. The summed E-state index contributed by atoms with van der Waals surface area (Å²) >= 11 is 2.39. The van der Waals surface area contributed by atoms with Crippen molar-refractivity contribution in [1.82, 2.24) is 4.90 Å². The Balaban J connectivity index is 1.56. The summed E-state index contributed by atoms with van der Waals surface area (Å²) in [5, 5.41) is 13.7. The number of fused-ring (bicyclic) bond motifs is 1. The van der Waals surface area contributed by atoms with E-state index in [-0.39, 0.29) is 18.2 Å². The van der Waals surface area contributed by atoms with E-state index >= 15 is 0 Å². The summed E-state index contributed by atoms with van der Waals surface area (Å²) in [6.07, 6.45) is -4.81. The van der Waals surface area contributed by atoms with Crippen molar-refractivity contribution in [2.75, 3.05) is 23.8 Å². The SMILES string of the molecule is CCNc1ccc(C#N)cc1N=C1S/C(=C2/Sc3cc(OC(F)(F)F)ccc3N2C)C(=O)N1Cc1ccccc1. The smallest absolute Gasteiger partial charge is 0.406 e. The topological polar surface area (TPSA) is 81.0 Å². The molecule has 0 spiro atoms. The van der Waals surface area contributed by atoms with Crippen LogP contribution in [0.15, 0.2) is 86.6 Å². The van der Waals surface area contributed by atoms with Crippen molar-refractivity contribution in [3.8, 4) is 11.8 Å². The van der Waals surface area contributed by atoms with E-state index in [1.54, 1.807) is 35.0 Å². The number of hydrogen-bond donors (Lipinski definition) is 1. The zero-order valence-electron chi connectivity index (χ0n) is 21.3. The van der Waals surface area contributed by atoms with E-state index in [1.807, 2.05) is 37.3 Å². The monoisotopic (exact) mass is 581 g/mol. The molecular formula is C28H22F3N5O2S2. The number of hydrogen-bond acceptors (Lipinski definition) is 8. The maximum absolute atomic E-state index is 13.9. The van der Waals surface area contributed by atoms with Crippen LogP contribution in [0, 0.1) is 11.3 Å². The van der Waals surface area contributed by atoms with Gasteiger partial charge in [0, 0.05) is 18.5 Å². The molecule has 0 saturated carbocycles. The van der Waals surface area contributed by atoms with Crippen molar-refractivity contribution in [2.45, 2.75) is 24.7 Å². The summed E-state index contributed by atoms with van der Waals surface area (Å²) in [5.41, 5.74) is 3.23. The number of carbonyl (C=O) groups excluding carboxylic acids is 1. The first kappa shape index (κ1) is 27.5. The van der Waals surface area contributed by atoms with Gasteiger partial charge in [-0.1, -0.05) is 42.1 Å². The number of halogens is 3. The van der Waals surface area contributed by atoms with Crippen LogP contribution in [0.1, 0.15) is 18.1 Å². The number of nitriles is 1. The highest BCUT2D eigenvalue weighted by molar-refractivity contribution is 8.19. The molecule has 204 valence electrons. The highest BCUT2D eigenvalue weighted by Gasteiger charge is 2.40. The van der Waals surface area contributed by atoms with Gasteiger partial charge < -0.3 is 15.0 Å². The fraction of sp³-hybridized carbons (Fsp3) is 0.179. The van der Waals surface area contributed by atoms with Crippen LogP contribution in [0.5, 0.6) is 5.75 Å². The van der Waals surface area contributed by atoms with E-state index in [1.165, 1.54) is 41.7 Å². The van der Waals surface area contributed by atoms with Crippen molar-refractivity contribution in [3.05, 3.63) is 87.8 Å². The van der Waals surface area contributed by atoms with Gasteiger partial charge in [0.1, 0.15) is 10.7 Å². The Morgan fingerprint density at radius 2 is 1.85 bits per heavy atom. The number of carbonyl (C=O) groups is 1. The molecule has 1 saturated heterocycles. The Hall–Kier alpha value is -4.08. The van der Waals surface area contributed by atoms with Gasteiger partial charge >= 0.3 is 6.36 Å². The highest BCUT2D eigenvalue weighted by Crippen LogP contribution is 2.51. The highest BCUT2D eigenvalue weighted by atomic mass is 32.2. The second kappa shape index (κ2) is 11.2. The maximum atomic E-state index is 13.9. The summed E-state index contributed by atoms with van der Waals surface area (Å²) in [7, 11) is 1.76. The summed E-state index contributed by atoms with van der Waals surface area (Å²) < 4.78 is 42.4. The Kier molecular flexibility index (Phi) is 7.69. The average Bonchev–Trinajstić information content (AvgIpc) is 3.40. The normalized spacial score (nSPS) is 17.8. The molecule has 0 aliphatic carbocycles.